The van der Waals surface area contributed by atoms with Gasteiger partial charge in [0.2, 0.25) is 0 Å². The lowest BCUT2D eigenvalue weighted by Gasteiger charge is -2.29. The Morgan fingerprint density at radius 2 is 1.94 bits per heavy atom. The Bertz CT molecular complexity index is 354. The molecule has 1 aromatic rings. The van der Waals surface area contributed by atoms with Crippen LogP contribution in [-0.2, 0) is 6.42 Å². The smallest absolute Gasteiger partial charge is 0.0372 e. The summed E-state index contributed by atoms with van der Waals surface area (Å²) in [5.74, 6) is 0.843. The maximum absolute atomic E-state index is 3.66. The minimum absolute atomic E-state index is 0.843. The van der Waals surface area contributed by atoms with E-state index in [1.807, 2.05) is 0 Å². The first-order chi connectivity index (χ1) is 8.79. The molecule has 0 aliphatic carbocycles. The van der Waals surface area contributed by atoms with Gasteiger partial charge in [0.15, 0.2) is 0 Å². The summed E-state index contributed by atoms with van der Waals surface area (Å²) in [4.78, 5) is 2.43. The van der Waals surface area contributed by atoms with Gasteiger partial charge < -0.3 is 10.2 Å². The van der Waals surface area contributed by atoms with Crippen LogP contribution < -0.4 is 5.32 Å². The van der Waals surface area contributed by atoms with E-state index in [1.54, 1.807) is 0 Å². The Hall–Kier alpha value is -1.02. The van der Waals surface area contributed by atoms with Crippen LogP contribution in [0.5, 0.6) is 0 Å². The van der Waals surface area contributed by atoms with Crippen molar-refractivity contribution in [2.24, 2.45) is 5.92 Å². The zero-order valence-electron chi connectivity index (χ0n) is 11.8. The highest BCUT2D eigenvalue weighted by atomic mass is 15.1. The number of hydrogen-bond donors (Lipinski definition) is 1. The van der Waals surface area contributed by atoms with Gasteiger partial charge in [-0.1, -0.05) is 31.5 Å². The summed E-state index contributed by atoms with van der Waals surface area (Å²) >= 11 is 0. The van der Waals surface area contributed by atoms with Crippen LogP contribution in [0.1, 0.15) is 31.7 Å². The molecule has 1 N–H and O–H groups in total. The SMILES string of the molecule is CCCc1ccccc1NCC1CCN(C)CC1. The molecule has 1 heterocycles. The lowest BCUT2D eigenvalue weighted by molar-refractivity contribution is 0.226. The van der Waals surface area contributed by atoms with Crippen LogP contribution in [0, 0.1) is 5.92 Å². The molecular formula is C16H26N2. The second-order valence-electron chi connectivity index (χ2n) is 5.53. The van der Waals surface area contributed by atoms with Crippen LogP contribution >= 0.6 is 0 Å². The third kappa shape index (κ3) is 3.74. The molecule has 2 nitrogen and oxygen atoms in total. The van der Waals surface area contributed by atoms with Gasteiger partial charge in [-0.25, -0.2) is 0 Å². The molecule has 1 aromatic carbocycles. The maximum atomic E-state index is 3.66. The Labute approximate surface area is 111 Å². The van der Waals surface area contributed by atoms with Crippen LogP contribution in [0.2, 0.25) is 0 Å². The first kappa shape index (κ1) is 13.4. The van der Waals surface area contributed by atoms with Crippen molar-refractivity contribution in [2.45, 2.75) is 32.6 Å². The highest BCUT2D eigenvalue weighted by Crippen LogP contribution is 2.20. The molecule has 0 aromatic heterocycles. The molecule has 0 unspecified atom stereocenters. The number of anilines is 1. The van der Waals surface area contributed by atoms with E-state index in [0.29, 0.717) is 0 Å². The number of rotatable bonds is 5. The molecular weight excluding hydrogens is 220 g/mol. The predicted octanol–water partition coefficient (Wildman–Crippen LogP) is 3.39. The topological polar surface area (TPSA) is 15.3 Å². The molecule has 0 saturated carbocycles. The van der Waals surface area contributed by atoms with Crippen molar-refractivity contribution < 1.29 is 0 Å². The van der Waals surface area contributed by atoms with Crippen molar-refractivity contribution in [1.82, 2.24) is 4.90 Å². The van der Waals surface area contributed by atoms with Crippen molar-refractivity contribution in [3.05, 3.63) is 29.8 Å². The largest absolute Gasteiger partial charge is 0.385 e. The number of nitrogens with zero attached hydrogens (tertiary/aromatic N) is 1. The molecule has 0 amide bonds. The fourth-order valence-electron chi connectivity index (χ4n) is 2.70. The lowest BCUT2D eigenvalue weighted by Crippen LogP contribution is -2.33. The highest BCUT2D eigenvalue weighted by Gasteiger charge is 2.16. The molecule has 1 aliphatic heterocycles. The van der Waals surface area contributed by atoms with Gasteiger partial charge in [-0.15, -0.1) is 0 Å². The normalized spacial score (nSPS) is 17.9. The van der Waals surface area contributed by atoms with Crippen LogP contribution in [-0.4, -0.2) is 31.6 Å². The van der Waals surface area contributed by atoms with E-state index >= 15 is 0 Å². The molecule has 0 bridgehead atoms. The molecule has 2 heteroatoms. The van der Waals surface area contributed by atoms with Gasteiger partial charge in [0.05, 0.1) is 0 Å². The van der Waals surface area contributed by atoms with Gasteiger partial charge in [0, 0.05) is 12.2 Å². The summed E-state index contributed by atoms with van der Waals surface area (Å²) in [6, 6.07) is 8.75. The van der Waals surface area contributed by atoms with E-state index in [-0.39, 0.29) is 0 Å². The molecule has 100 valence electrons. The van der Waals surface area contributed by atoms with Gasteiger partial charge >= 0.3 is 0 Å². The molecule has 1 fully saturated rings. The van der Waals surface area contributed by atoms with E-state index in [0.717, 1.165) is 12.5 Å². The molecule has 0 atom stereocenters. The van der Waals surface area contributed by atoms with Gasteiger partial charge in [-0.05, 0) is 56.9 Å². The van der Waals surface area contributed by atoms with Gasteiger partial charge in [0.25, 0.3) is 0 Å². The monoisotopic (exact) mass is 246 g/mol. The summed E-state index contributed by atoms with van der Waals surface area (Å²) < 4.78 is 0. The first-order valence-corrected chi connectivity index (χ1v) is 7.30. The minimum Gasteiger partial charge on any atom is -0.385 e. The van der Waals surface area contributed by atoms with Crippen molar-refractivity contribution in [2.75, 3.05) is 32.0 Å². The number of aryl methyl sites for hydroxylation is 1. The third-order valence-corrected chi connectivity index (χ3v) is 3.96. The number of likely N-dealkylation sites (tertiary alicyclic amines) is 1. The second-order valence-corrected chi connectivity index (χ2v) is 5.53. The van der Waals surface area contributed by atoms with Crippen molar-refractivity contribution in [1.29, 1.82) is 0 Å². The molecule has 1 saturated heterocycles. The number of benzene rings is 1. The summed E-state index contributed by atoms with van der Waals surface area (Å²) in [6.45, 7) is 5.88. The van der Waals surface area contributed by atoms with Crippen LogP contribution in [0.3, 0.4) is 0 Å². The number of nitrogens with one attached hydrogen (secondary N) is 1. The Morgan fingerprint density at radius 3 is 2.67 bits per heavy atom. The fraction of sp³-hybridized carbons (Fsp3) is 0.625. The van der Waals surface area contributed by atoms with E-state index < -0.39 is 0 Å². The minimum atomic E-state index is 0.843. The average molecular weight is 246 g/mol. The van der Waals surface area contributed by atoms with E-state index in [4.69, 9.17) is 0 Å². The summed E-state index contributed by atoms with van der Waals surface area (Å²) in [6.07, 6.45) is 5.06. The second kappa shape index (κ2) is 6.79. The average Bonchev–Trinajstić information content (AvgIpc) is 2.40. The summed E-state index contributed by atoms with van der Waals surface area (Å²) in [5.41, 5.74) is 2.81. The fourth-order valence-corrected chi connectivity index (χ4v) is 2.70. The summed E-state index contributed by atoms with van der Waals surface area (Å²) in [7, 11) is 2.22. The number of hydrogen-bond acceptors (Lipinski definition) is 2. The van der Waals surface area contributed by atoms with Crippen molar-refractivity contribution >= 4 is 5.69 Å². The lowest BCUT2D eigenvalue weighted by atomic mass is 9.97. The van der Waals surface area contributed by atoms with Crippen LogP contribution in [0.25, 0.3) is 0 Å². The first-order valence-electron chi connectivity index (χ1n) is 7.30. The highest BCUT2D eigenvalue weighted by molar-refractivity contribution is 5.51. The zero-order chi connectivity index (χ0) is 12.8. The molecule has 2 rings (SSSR count). The molecule has 1 aliphatic rings. The standard InChI is InChI=1S/C16H26N2/c1-3-6-15-7-4-5-8-16(15)17-13-14-9-11-18(2)12-10-14/h4-5,7-8,14,17H,3,6,9-13H2,1-2H3. The van der Waals surface area contributed by atoms with Crippen molar-refractivity contribution in [3.63, 3.8) is 0 Å². The van der Waals surface area contributed by atoms with Crippen LogP contribution in [0.15, 0.2) is 24.3 Å². The quantitative estimate of drug-likeness (QED) is 0.856. The molecule has 18 heavy (non-hydrogen) atoms. The van der Waals surface area contributed by atoms with Gasteiger partial charge in [0.1, 0.15) is 0 Å². The van der Waals surface area contributed by atoms with Gasteiger partial charge in [-0.2, -0.15) is 0 Å². The molecule has 0 radical (unpaired) electrons. The Kier molecular flexibility index (Phi) is 5.06. The van der Waals surface area contributed by atoms with E-state index in [2.05, 4.69) is 48.5 Å². The predicted molar refractivity (Wildman–Crippen MR) is 79.1 cm³/mol. The third-order valence-electron chi connectivity index (χ3n) is 3.96. The Morgan fingerprint density at radius 1 is 1.22 bits per heavy atom. The summed E-state index contributed by atoms with van der Waals surface area (Å²) in [5, 5.41) is 3.66. The van der Waals surface area contributed by atoms with Crippen LogP contribution in [0.4, 0.5) is 5.69 Å². The maximum Gasteiger partial charge on any atom is 0.0372 e. The zero-order valence-corrected chi connectivity index (χ0v) is 11.8. The van der Waals surface area contributed by atoms with E-state index in [1.165, 1.54) is 50.0 Å². The molecule has 0 spiro atoms. The van der Waals surface area contributed by atoms with Gasteiger partial charge in [-0.3, -0.25) is 0 Å². The van der Waals surface area contributed by atoms with E-state index in [9.17, 15) is 0 Å². The number of piperidine rings is 1. The van der Waals surface area contributed by atoms with Crippen molar-refractivity contribution in [3.8, 4) is 0 Å². The number of para-hydroxylation sites is 1. The Balaban J connectivity index is 1.86.